The van der Waals surface area contributed by atoms with Gasteiger partial charge in [-0.05, 0) is 25.5 Å². The number of non-ortho nitro benzene ring substituents is 1. The van der Waals surface area contributed by atoms with Gasteiger partial charge in [-0.15, -0.1) is 10.1 Å². The highest BCUT2D eigenvalue weighted by molar-refractivity contribution is 6.19. The van der Waals surface area contributed by atoms with E-state index in [1.165, 1.54) is 31.2 Å². The number of rotatable bonds is 8. The summed E-state index contributed by atoms with van der Waals surface area (Å²) in [6.45, 7) is 2.01. The first-order valence-corrected chi connectivity index (χ1v) is 6.66. The molecule has 0 heterocycles. The van der Waals surface area contributed by atoms with Gasteiger partial charge < -0.3 is 9.57 Å². The Morgan fingerprint density at radius 2 is 1.96 bits per heavy atom. The van der Waals surface area contributed by atoms with E-state index in [1.807, 2.05) is 0 Å². The number of esters is 1. The second kappa shape index (κ2) is 8.36. The molecule has 0 bridgehead atoms. The minimum atomic E-state index is -1.02. The normalized spacial score (nSPS) is 12.2. The minimum Gasteiger partial charge on any atom is -0.460 e. The van der Waals surface area contributed by atoms with Crippen LogP contribution >= 0.6 is 0 Å². The van der Waals surface area contributed by atoms with Crippen molar-refractivity contribution in [2.24, 2.45) is 0 Å². The summed E-state index contributed by atoms with van der Waals surface area (Å²) >= 11 is 0. The van der Waals surface area contributed by atoms with Crippen molar-refractivity contribution in [1.82, 2.24) is 0 Å². The number of ketones is 1. The molecule has 128 valence electrons. The van der Waals surface area contributed by atoms with Crippen LogP contribution in [0.2, 0.25) is 0 Å². The Labute approximate surface area is 135 Å². The quantitative estimate of drug-likeness (QED) is 0.174. The molecular formula is C14H14N2O8. The van der Waals surface area contributed by atoms with E-state index >= 15 is 0 Å². The fourth-order valence-electron chi connectivity index (χ4n) is 1.65. The number of carbonyl (C=O) groups excluding carboxylic acids is 2. The van der Waals surface area contributed by atoms with Crippen LogP contribution in [0, 0.1) is 20.2 Å². The van der Waals surface area contributed by atoms with Gasteiger partial charge in [0.2, 0.25) is 0 Å². The molecule has 1 atom stereocenters. The van der Waals surface area contributed by atoms with E-state index < -0.39 is 34.5 Å². The van der Waals surface area contributed by atoms with Crippen molar-refractivity contribution < 1.29 is 29.2 Å². The average molecular weight is 338 g/mol. The highest BCUT2D eigenvalue weighted by atomic mass is 17.0. The predicted molar refractivity (Wildman–Crippen MR) is 80.3 cm³/mol. The maximum atomic E-state index is 11.9. The monoisotopic (exact) mass is 338 g/mol. The van der Waals surface area contributed by atoms with Crippen molar-refractivity contribution in [3.05, 3.63) is 55.6 Å². The maximum Gasteiger partial charge on any atom is 0.341 e. The standard InChI is InChI=1S/C14H14N2O8/c1-9(24-16(21)22)8-23-14(18)13(10(2)17)7-11-4-3-5-12(6-11)15(19)20/h3-7,9H,8H2,1-2H3/b13-7+. The summed E-state index contributed by atoms with van der Waals surface area (Å²) < 4.78 is 4.79. The summed E-state index contributed by atoms with van der Waals surface area (Å²) in [7, 11) is 0. The summed E-state index contributed by atoms with van der Waals surface area (Å²) in [6.07, 6.45) is 0.145. The first kappa shape index (κ1) is 18.7. The molecule has 0 saturated carbocycles. The number of nitro benzene ring substituents is 1. The number of nitro groups is 1. The second-order valence-electron chi connectivity index (χ2n) is 4.70. The van der Waals surface area contributed by atoms with Crippen molar-refractivity contribution in [2.75, 3.05) is 6.61 Å². The molecule has 0 N–H and O–H groups in total. The van der Waals surface area contributed by atoms with Gasteiger partial charge in [0.1, 0.15) is 18.3 Å². The smallest absolute Gasteiger partial charge is 0.341 e. The number of hydrogen-bond acceptors (Lipinski definition) is 8. The molecule has 0 fully saturated rings. The Hall–Kier alpha value is -3.30. The van der Waals surface area contributed by atoms with Gasteiger partial charge in [0, 0.05) is 12.1 Å². The van der Waals surface area contributed by atoms with Crippen molar-refractivity contribution >= 4 is 23.5 Å². The molecule has 10 nitrogen and oxygen atoms in total. The van der Waals surface area contributed by atoms with E-state index in [-0.39, 0.29) is 16.8 Å². The zero-order valence-electron chi connectivity index (χ0n) is 12.8. The van der Waals surface area contributed by atoms with Crippen LogP contribution < -0.4 is 0 Å². The molecule has 0 spiro atoms. The minimum absolute atomic E-state index is 0.201. The van der Waals surface area contributed by atoms with E-state index in [9.17, 15) is 29.8 Å². The molecular weight excluding hydrogens is 324 g/mol. The van der Waals surface area contributed by atoms with E-state index in [0.717, 1.165) is 13.0 Å². The van der Waals surface area contributed by atoms with Gasteiger partial charge in [-0.2, -0.15) is 0 Å². The summed E-state index contributed by atoms with van der Waals surface area (Å²) in [5, 5.41) is 19.9. The number of carbonyl (C=O) groups is 2. The van der Waals surface area contributed by atoms with Gasteiger partial charge in [-0.1, -0.05) is 12.1 Å². The van der Waals surface area contributed by atoms with Crippen LogP contribution in [-0.2, 0) is 19.2 Å². The Balaban J connectivity index is 2.91. The lowest BCUT2D eigenvalue weighted by molar-refractivity contribution is -0.767. The molecule has 1 rings (SSSR count). The Morgan fingerprint density at radius 3 is 2.50 bits per heavy atom. The molecule has 0 saturated heterocycles. The summed E-state index contributed by atoms with van der Waals surface area (Å²) in [6, 6.07) is 5.33. The third kappa shape index (κ3) is 5.83. The van der Waals surface area contributed by atoms with Crippen LogP contribution in [0.25, 0.3) is 6.08 Å². The number of ether oxygens (including phenoxy) is 1. The van der Waals surface area contributed by atoms with Crippen LogP contribution in [-0.4, -0.2) is 34.5 Å². The Kier molecular flexibility index (Phi) is 6.53. The Bertz CT molecular complexity index is 698. The zero-order chi connectivity index (χ0) is 18.3. The van der Waals surface area contributed by atoms with Crippen molar-refractivity contribution in [3.8, 4) is 0 Å². The van der Waals surface area contributed by atoms with Crippen molar-refractivity contribution in [2.45, 2.75) is 20.0 Å². The first-order chi connectivity index (χ1) is 11.2. The molecule has 1 aromatic rings. The topological polar surface area (TPSA) is 139 Å². The Morgan fingerprint density at radius 1 is 1.29 bits per heavy atom. The molecule has 0 aliphatic rings. The van der Waals surface area contributed by atoms with Crippen molar-refractivity contribution in [1.29, 1.82) is 0 Å². The fourth-order valence-corrected chi connectivity index (χ4v) is 1.65. The summed E-state index contributed by atoms with van der Waals surface area (Å²) in [4.78, 5) is 47.9. The summed E-state index contributed by atoms with van der Waals surface area (Å²) in [5.74, 6) is -1.62. The van der Waals surface area contributed by atoms with E-state index in [0.29, 0.717) is 0 Å². The lowest BCUT2D eigenvalue weighted by atomic mass is 10.1. The van der Waals surface area contributed by atoms with Gasteiger partial charge in [0.25, 0.3) is 10.8 Å². The number of nitrogens with zero attached hydrogens (tertiary/aromatic N) is 2. The molecule has 0 aliphatic carbocycles. The third-order valence-corrected chi connectivity index (χ3v) is 2.71. The predicted octanol–water partition coefficient (Wildman–Crippen LogP) is 1.71. The maximum absolute atomic E-state index is 11.9. The highest BCUT2D eigenvalue weighted by Crippen LogP contribution is 2.16. The van der Waals surface area contributed by atoms with E-state index in [1.54, 1.807) is 0 Å². The zero-order valence-corrected chi connectivity index (χ0v) is 12.8. The SMILES string of the molecule is CC(=O)/C(=C\c1cccc([N+](=O)[O-])c1)C(=O)OCC(C)O[N+](=O)[O-]. The van der Waals surface area contributed by atoms with E-state index in [4.69, 9.17) is 4.74 Å². The average Bonchev–Trinajstić information content (AvgIpc) is 2.49. The van der Waals surface area contributed by atoms with Gasteiger partial charge in [0.05, 0.1) is 4.92 Å². The first-order valence-electron chi connectivity index (χ1n) is 6.66. The van der Waals surface area contributed by atoms with Crippen LogP contribution in [0.5, 0.6) is 0 Å². The number of hydrogen-bond donors (Lipinski definition) is 0. The fraction of sp³-hybridized carbons (Fsp3) is 0.286. The molecule has 1 aromatic carbocycles. The molecule has 1 unspecified atom stereocenters. The lowest BCUT2D eigenvalue weighted by Gasteiger charge is -2.10. The van der Waals surface area contributed by atoms with E-state index in [2.05, 4.69) is 4.84 Å². The molecule has 0 aromatic heterocycles. The molecule has 24 heavy (non-hydrogen) atoms. The van der Waals surface area contributed by atoms with Crippen LogP contribution in [0.4, 0.5) is 5.69 Å². The van der Waals surface area contributed by atoms with Crippen LogP contribution in [0.15, 0.2) is 29.8 Å². The lowest BCUT2D eigenvalue weighted by Crippen LogP contribution is -2.23. The molecule has 0 aliphatic heterocycles. The van der Waals surface area contributed by atoms with Gasteiger partial charge in [0.15, 0.2) is 5.78 Å². The highest BCUT2D eigenvalue weighted by Gasteiger charge is 2.19. The number of Topliss-reactive ketones (excluding diaryl/α,β-unsaturated/α-hetero) is 1. The summed E-state index contributed by atoms with van der Waals surface area (Å²) in [5.41, 5.74) is -0.280. The largest absolute Gasteiger partial charge is 0.460 e. The van der Waals surface area contributed by atoms with Gasteiger partial charge in [-0.25, -0.2) is 4.79 Å². The third-order valence-electron chi connectivity index (χ3n) is 2.71. The van der Waals surface area contributed by atoms with Gasteiger partial charge in [-0.3, -0.25) is 14.9 Å². The number of benzene rings is 1. The molecule has 10 heteroatoms. The van der Waals surface area contributed by atoms with Crippen LogP contribution in [0.3, 0.4) is 0 Å². The van der Waals surface area contributed by atoms with Crippen molar-refractivity contribution in [3.63, 3.8) is 0 Å². The second-order valence-corrected chi connectivity index (χ2v) is 4.70. The van der Waals surface area contributed by atoms with Gasteiger partial charge >= 0.3 is 5.97 Å². The molecule has 0 radical (unpaired) electrons. The molecule has 0 amide bonds. The van der Waals surface area contributed by atoms with Crippen LogP contribution in [0.1, 0.15) is 19.4 Å².